The Morgan fingerprint density at radius 2 is 2.18 bits per heavy atom. The first-order chi connectivity index (χ1) is 7.74. The van der Waals surface area contributed by atoms with Gasteiger partial charge in [0.15, 0.2) is 0 Å². The fourth-order valence-corrected chi connectivity index (χ4v) is 2.38. The van der Waals surface area contributed by atoms with Crippen LogP contribution in [0.3, 0.4) is 0 Å². The van der Waals surface area contributed by atoms with Crippen molar-refractivity contribution in [2.75, 3.05) is 18.4 Å². The Hall–Kier alpha value is -1.39. The van der Waals surface area contributed by atoms with Gasteiger partial charge >= 0.3 is 0 Å². The molecule has 0 saturated carbocycles. The van der Waals surface area contributed by atoms with Crippen LogP contribution in [0.4, 0.5) is 10.1 Å². The summed E-state index contributed by atoms with van der Waals surface area (Å²) in [5.74, 6) is -0.530. The topological polar surface area (TPSA) is 41.1 Å². The number of hydrogen-bond acceptors (Lipinski definition) is 2. The number of halogens is 2. The molecule has 2 heterocycles. The lowest BCUT2D eigenvalue weighted by Crippen LogP contribution is -2.44. The van der Waals surface area contributed by atoms with Crippen molar-refractivity contribution >= 4 is 24.0 Å². The van der Waals surface area contributed by atoms with E-state index in [9.17, 15) is 9.18 Å². The second-order valence-corrected chi connectivity index (χ2v) is 4.12. The molecule has 0 aliphatic carbocycles. The molecule has 0 fully saturated rings. The summed E-state index contributed by atoms with van der Waals surface area (Å²) in [6, 6.07) is 4.80. The van der Waals surface area contributed by atoms with Crippen LogP contribution >= 0.6 is 12.4 Å². The molecular formula is C12H12ClFN2O. The molecule has 17 heavy (non-hydrogen) atoms. The first kappa shape index (κ1) is 12.1. The van der Waals surface area contributed by atoms with Gasteiger partial charge in [0.25, 0.3) is 0 Å². The fourth-order valence-electron chi connectivity index (χ4n) is 2.38. The van der Waals surface area contributed by atoms with Crippen molar-refractivity contribution in [3.8, 4) is 0 Å². The summed E-state index contributed by atoms with van der Waals surface area (Å²) >= 11 is 0. The first-order valence-electron chi connectivity index (χ1n) is 5.23. The van der Waals surface area contributed by atoms with Crippen molar-refractivity contribution < 1.29 is 9.18 Å². The molecule has 3 nitrogen and oxygen atoms in total. The van der Waals surface area contributed by atoms with E-state index in [0.717, 1.165) is 12.1 Å². The van der Waals surface area contributed by atoms with Gasteiger partial charge in [0.1, 0.15) is 11.2 Å². The Morgan fingerprint density at radius 3 is 2.88 bits per heavy atom. The van der Waals surface area contributed by atoms with Gasteiger partial charge in [0.2, 0.25) is 5.91 Å². The molecule has 2 N–H and O–H groups in total. The Kier molecular flexibility index (Phi) is 2.93. The van der Waals surface area contributed by atoms with Crippen LogP contribution in [0.25, 0.3) is 0 Å². The standard InChI is InChI=1S/C12H11FN2O.ClH/c13-9-4-1-3-8-10(9)15-11(16)12(8)5-2-6-14-7-12;/h1-5,14H,6-7H2,(H,15,16);1H/t12-;/m1./s1. The molecule has 0 bridgehead atoms. The highest BCUT2D eigenvalue weighted by Gasteiger charge is 2.46. The Labute approximate surface area is 104 Å². The van der Waals surface area contributed by atoms with Crippen molar-refractivity contribution in [2.45, 2.75) is 5.41 Å². The van der Waals surface area contributed by atoms with E-state index in [2.05, 4.69) is 10.6 Å². The minimum atomic E-state index is -0.727. The third-order valence-electron chi connectivity index (χ3n) is 3.21. The zero-order valence-corrected chi connectivity index (χ0v) is 9.81. The highest BCUT2D eigenvalue weighted by molar-refractivity contribution is 6.08. The number of amides is 1. The van der Waals surface area contributed by atoms with Crippen LogP contribution in [0.15, 0.2) is 30.4 Å². The number of carbonyl (C=O) groups excluding carboxylic acids is 1. The van der Waals surface area contributed by atoms with Crippen LogP contribution in [0.1, 0.15) is 5.56 Å². The quantitative estimate of drug-likeness (QED) is 0.691. The van der Waals surface area contributed by atoms with Crippen LogP contribution in [-0.4, -0.2) is 19.0 Å². The summed E-state index contributed by atoms with van der Waals surface area (Å²) in [4.78, 5) is 12.0. The maximum absolute atomic E-state index is 13.5. The van der Waals surface area contributed by atoms with E-state index in [1.165, 1.54) is 6.07 Å². The molecule has 1 aromatic carbocycles. The summed E-state index contributed by atoms with van der Waals surface area (Å²) in [6.07, 6.45) is 3.77. The highest BCUT2D eigenvalue weighted by Crippen LogP contribution is 2.40. The van der Waals surface area contributed by atoms with Gasteiger partial charge in [0, 0.05) is 13.1 Å². The smallest absolute Gasteiger partial charge is 0.240 e. The van der Waals surface area contributed by atoms with Crippen molar-refractivity contribution in [3.05, 3.63) is 41.7 Å². The van der Waals surface area contributed by atoms with Gasteiger partial charge in [-0.1, -0.05) is 24.3 Å². The average molecular weight is 255 g/mol. The fraction of sp³-hybridized carbons (Fsp3) is 0.250. The minimum absolute atomic E-state index is 0. The predicted molar refractivity (Wildman–Crippen MR) is 66.0 cm³/mol. The molecule has 0 radical (unpaired) electrons. The average Bonchev–Trinajstić information content (AvgIpc) is 2.57. The van der Waals surface area contributed by atoms with E-state index in [-0.39, 0.29) is 24.1 Å². The molecule has 3 rings (SSSR count). The van der Waals surface area contributed by atoms with Crippen molar-refractivity contribution in [1.82, 2.24) is 5.32 Å². The molecule has 1 aromatic rings. The summed E-state index contributed by atoms with van der Waals surface area (Å²) in [6.45, 7) is 1.27. The summed E-state index contributed by atoms with van der Waals surface area (Å²) in [5, 5.41) is 5.76. The number of nitrogens with one attached hydrogen (secondary N) is 2. The van der Waals surface area contributed by atoms with E-state index >= 15 is 0 Å². The second kappa shape index (κ2) is 4.13. The number of hydrogen-bond donors (Lipinski definition) is 2. The van der Waals surface area contributed by atoms with Crippen LogP contribution in [-0.2, 0) is 10.2 Å². The third kappa shape index (κ3) is 1.56. The Morgan fingerprint density at radius 1 is 1.35 bits per heavy atom. The van der Waals surface area contributed by atoms with E-state index < -0.39 is 5.41 Å². The van der Waals surface area contributed by atoms with Crippen LogP contribution in [0, 0.1) is 5.82 Å². The summed E-state index contributed by atoms with van der Waals surface area (Å²) in [5.41, 5.74) is 0.317. The van der Waals surface area contributed by atoms with Crippen molar-refractivity contribution in [3.63, 3.8) is 0 Å². The molecule has 2 aliphatic heterocycles. The number of benzene rings is 1. The lowest BCUT2D eigenvalue weighted by atomic mass is 9.80. The summed E-state index contributed by atoms with van der Waals surface area (Å²) < 4.78 is 13.5. The van der Waals surface area contributed by atoms with Gasteiger partial charge in [-0.25, -0.2) is 4.39 Å². The van der Waals surface area contributed by atoms with Crippen LogP contribution in [0.5, 0.6) is 0 Å². The maximum Gasteiger partial charge on any atom is 0.240 e. The highest BCUT2D eigenvalue weighted by atomic mass is 35.5. The van der Waals surface area contributed by atoms with Crippen LogP contribution in [0.2, 0.25) is 0 Å². The van der Waals surface area contributed by atoms with Gasteiger partial charge < -0.3 is 10.6 Å². The molecule has 0 saturated heterocycles. The van der Waals surface area contributed by atoms with Gasteiger partial charge in [-0.3, -0.25) is 4.79 Å². The monoisotopic (exact) mass is 254 g/mol. The SMILES string of the molecule is Cl.O=C1Nc2c(F)cccc2[C@]12C=CCNC2. The van der Waals surface area contributed by atoms with E-state index in [1.807, 2.05) is 12.2 Å². The molecule has 1 atom stereocenters. The minimum Gasteiger partial charge on any atom is -0.322 e. The predicted octanol–water partition coefficient (Wildman–Crippen LogP) is 1.60. The summed E-state index contributed by atoms with van der Waals surface area (Å²) in [7, 11) is 0. The lowest BCUT2D eigenvalue weighted by Gasteiger charge is -2.27. The van der Waals surface area contributed by atoms with E-state index in [4.69, 9.17) is 0 Å². The second-order valence-electron chi connectivity index (χ2n) is 4.12. The maximum atomic E-state index is 13.5. The van der Waals surface area contributed by atoms with Gasteiger partial charge in [-0.05, 0) is 11.6 Å². The number of fused-ring (bicyclic) bond motifs is 2. The zero-order chi connectivity index (χ0) is 11.2. The van der Waals surface area contributed by atoms with Crippen molar-refractivity contribution in [1.29, 1.82) is 0 Å². The van der Waals surface area contributed by atoms with Crippen LogP contribution < -0.4 is 10.6 Å². The Bertz CT molecular complexity index is 503. The van der Waals surface area contributed by atoms with E-state index in [0.29, 0.717) is 12.2 Å². The van der Waals surface area contributed by atoms with Gasteiger partial charge in [-0.15, -0.1) is 12.4 Å². The normalized spacial score (nSPS) is 25.4. The number of carbonyl (C=O) groups is 1. The lowest BCUT2D eigenvalue weighted by molar-refractivity contribution is -0.119. The van der Waals surface area contributed by atoms with Crippen molar-refractivity contribution in [2.24, 2.45) is 0 Å². The Balaban J connectivity index is 0.00000108. The number of para-hydroxylation sites is 1. The first-order valence-corrected chi connectivity index (χ1v) is 5.23. The molecule has 2 aliphatic rings. The number of rotatable bonds is 0. The largest absolute Gasteiger partial charge is 0.322 e. The third-order valence-corrected chi connectivity index (χ3v) is 3.21. The molecule has 0 aromatic heterocycles. The molecule has 5 heteroatoms. The number of anilines is 1. The molecule has 0 unspecified atom stereocenters. The molecular weight excluding hydrogens is 243 g/mol. The van der Waals surface area contributed by atoms with E-state index in [1.54, 1.807) is 12.1 Å². The zero-order valence-electron chi connectivity index (χ0n) is 9.00. The molecule has 90 valence electrons. The molecule has 1 amide bonds. The molecule has 1 spiro atoms. The van der Waals surface area contributed by atoms with Gasteiger partial charge in [-0.2, -0.15) is 0 Å². The van der Waals surface area contributed by atoms with Gasteiger partial charge in [0.05, 0.1) is 5.69 Å².